The van der Waals surface area contributed by atoms with E-state index in [1.807, 2.05) is 0 Å². The maximum Gasteiger partial charge on any atom is 0.320 e. The van der Waals surface area contributed by atoms with Crippen molar-refractivity contribution in [1.29, 1.82) is 0 Å². The van der Waals surface area contributed by atoms with Crippen molar-refractivity contribution in [3.05, 3.63) is 18.0 Å². The topological polar surface area (TPSA) is 75.4 Å². The number of carboxylic acid groups (broad SMARTS) is 1. The van der Waals surface area contributed by atoms with Crippen LogP contribution in [0.5, 0.6) is 0 Å². The molecule has 0 bridgehead atoms. The number of aliphatic carboxylic acids is 1. The Morgan fingerprint density at radius 1 is 1.79 bits per heavy atom. The van der Waals surface area contributed by atoms with Crippen LogP contribution >= 0.6 is 0 Å². The first-order valence-electron chi connectivity index (χ1n) is 4.62. The number of carbonyl (C=O) groups is 1. The summed E-state index contributed by atoms with van der Waals surface area (Å²) in [5, 5.41) is 15.4. The van der Waals surface area contributed by atoms with Gasteiger partial charge in [-0.3, -0.25) is 10.1 Å². The van der Waals surface area contributed by atoms with Gasteiger partial charge in [-0.05, 0) is 18.8 Å². The van der Waals surface area contributed by atoms with Crippen LogP contribution in [0.25, 0.3) is 0 Å². The molecule has 2 rings (SSSR count). The molecule has 0 aliphatic heterocycles. The lowest BCUT2D eigenvalue weighted by Gasteiger charge is -2.11. The van der Waals surface area contributed by atoms with Crippen molar-refractivity contribution in [3.8, 4) is 0 Å². The average Bonchev–Trinajstić information content (AvgIpc) is 2.82. The van der Waals surface area contributed by atoms with E-state index >= 15 is 0 Å². The molecule has 0 saturated heterocycles. The average molecular weight is 196 g/mol. The van der Waals surface area contributed by atoms with E-state index in [4.69, 9.17) is 5.11 Å². The van der Waals surface area contributed by atoms with Crippen LogP contribution in [0, 0.1) is 5.92 Å². The number of nitrogens with one attached hydrogen (secondary N) is 1. The minimum absolute atomic E-state index is 0.298. The first-order chi connectivity index (χ1) is 6.77. The van der Waals surface area contributed by atoms with Gasteiger partial charge in [0.1, 0.15) is 12.3 Å². The number of nitrogens with zero attached hydrogens (tertiary/aromatic N) is 1. The molecule has 0 radical (unpaired) electrons. The number of hydrogen-bond acceptors (Lipinski definition) is 4. The van der Waals surface area contributed by atoms with Crippen LogP contribution < -0.4 is 5.32 Å². The van der Waals surface area contributed by atoms with E-state index in [-0.39, 0.29) is 0 Å². The summed E-state index contributed by atoms with van der Waals surface area (Å²) in [6, 6.07) is -0.426. The van der Waals surface area contributed by atoms with Crippen molar-refractivity contribution in [2.24, 2.45) is 5.92 Å². The van der Waals surface area contributed by atoms with Crippen molar-refractivity contribution in [3.63, 3.8) is 0 Å². The van der Waals surface area contributed by atoms with E-state index in [0.717, 1.165) is 18.4 Å². The predicted octanol–water partition coefficient (Wildman–Crippen LogP) is 0.627. The molecule has 1 saturated carbocycles. The molecule has 1 fully saturated rings. The van der Waals surface area contributed by atoms with Gasteiger partial charge in [0, 0.05) is 12.1 Å². The van der Waals surface area contributed by atoms with E-state index in [1.54, 1.807) is 6.20 Å². The molecular weight excluding hydrogens is 184 g/mol. The Morgan fingerprint density at radius 2 is 2.57 bits per heavy atom. The standard InChI is InChI=1S/C9H12N2O3/c12-9(13)8(7-1-2-7)10-3-6-4-11-14-5-6/h4-5,7-8,10H,1-3H2,(H,12,13). The lowest BCUT2D eigenvalue weighted by molar-refractivity contribution is -0.140. The van der Waals surface area contributed by atoms with Gasteiger partial charge in [-0.25, -0.2) is 0 Å². The molecule has 76 valence electrons. The zero-order chi connectivity index (χ0) is 9.97. The minimum Gasteiger partial charge on any atom is -0.480 e. The minimum atomic E-state index is -0.774. The third kappa shape index (κ3) is 2.11. The highest BCUT2D eigenvalue weighted by Gasteiger charge is 2.35. The summed E-state index contributed by atoms with van der Waals surface area (Å²) in [7, 11) is 0. The normalized spacial score (nSPS) is 18.0. The molecule has 1 aliphatic rings. The Labute approximate surface area is 81.1 Å². The summed E-state index contributed by atoms with van der Waals surface area (Å²) in [6.45, 7) is 0.497. The van der Waals surface area contributed by atoms with Crippen LogP contribution in [-0.2, 0) is 11.3 Å². The fraction of sp³-hybridized carbons (Fsp3) is 0.556. The highest BCUT2D eigenvalue weighted by atomic mass is 16.5. The molecule has 1 heterocycles. The van der Waals surface area contributed by atoms with Gasteiger partial charge in [0.05, 0.1) is 6.20 Å². The van der Waals surface area contributed by atoms with Gasteiger partial charge in [0.2, 0.25) is 0 Å². The lowest BCUT2D eigenvalue weighted by atomic mass is 10.2. The molecule has 0 aromatic carbocycles. The summed E-state index contributed by atoms with van der Waals surface area (Å²) in [4.78, 5) is 10.8. The number of aromatic nitrogens is 1. The van der Waals surface area contributed by atoms with Crippen molar-refractivity contribution >= 4 is 5.97 Å². The molecule has 1 aliphatic carbocycles. The van der Waals surface area contributed by atoms with E-state index in [2.05, 4.69) is 15.0 Å². The second-order valence-corrected chi connectivity index (χ2v) is 3.57. The largest absolute Gasteiger partial charge is 0.480 e. The fourth-order valence-electron chi connectivity index (χ4n) is 1.43. The SMILES string of the molecule is O=C(O)C(NCc1cnoc1)C1CC1. The first-order valence-corrected chi connectivity index (χ1v) is 4.62. The third-order valence-corrected chi connectivity index (χ3v) is 2.37. The number of carboxylic acids is 1. The molecule has 0 amide bonds. The third-order valence-electron chi connectivity index (χ3n) is 2.37. The van der Waals surface area contributed by atoms with Crippen LogP contribution in [-0.4, -0.2) is 22.3 Å². The molecule has 1 unspecified atom stereocenters. The summed E-state index contributed by atoms with van der Waals surface area (Å²) in [5.41, 5.74) is 0.872. The van der Waals surface area contributed by atoms with Gasteiger partial charge in [0.15, 0.2) is 0 Å². The summed E-state index contributed by atoms with van der Waals surface area (Å²) >= 11 is 0. The van der Waals surface area contributed by atoms with E-state index in [0.29, 0.717) is 12.5 Å². The van der Waals surface area contributed by atoms with E-state index < -0.39 is 12.0 Å². The molecular formula is C9H12N2O3. The predicted molar refractivity (Wildman–Crippen MR) is 47.5 cm³/mol. The second kappa shape index (κ2) is 3.79. The lowest BCUT2D eigenvalue weighted by Crippen LogP contribution is -2.37. The molecule has 1 aromatic heterocycles. The monoisotopic (exact) mass is 196 g/mol. The first kappa shape index (κ1) is 9.21. The Hall–Kier alpha value is -1.36. The fourth-order valence-corrected chi connectivity index (χ4v) is 1.43. The van der Waals surface area contributed by atoms with Crippen LogP contribution in [0.3, 0.4) is 0 Å². The number of rotatable bonds is 5. The van der Waals surface area contributed by atoms with E-state index in [1.165, 1.54) is 6.26 Å². The summed E-state index contributed by atoms with van der Waals surface area (Å²) in [5.74, 6) is -0.476. The van der Waals surface area contributed by atoms with E-state index in [9.17, 15) is 4.79 Å². The van der Waals surface area contributed by atoms with Crippen LogP contribution in [0.15, 0.2) is 17.0 Å². The molecule has 0 spiro atoms. The Morgan fingerprint density at radius 3 is 3.07 bits per heavy atom. The molecule has 2 N–H and O–H groups in total. The van der Waals surface area contributed by atoms with Gasteiger partial charge in [-0.15, -0.1) is 0 Å². The maximum absolute atomic E-state index is 10.8. The van der Waals surface area contributed by atoms with Crippen LogP contribution in [0.2, 0.25) is 0 Å². The van der Waals surface area contributed by atoms with Gasteiger partial charge in [-0.1, -0.05) is 5.16 Å². The molecule has 1 aromatic rings. The molecule has 5 heteroatoms. The highest BCUT2D eigenvalue weighted by molar-refractivity contribution is 5.74. The smallest absolute Gasteiger partial charge is 0.320 e. The zero-order valence-electron chi connectivity index (χ0n) is 7.64. The van der Waals surface area contributed by atoms with Gasteiger partial charge < -0.3 is 9.63 Å². The highest BCUT2D eigenvalue weighted by Crippen LogP contribution is 2.32. The summed E-state index contributed by atoms with van der Waals surface area (Å²) in [6.07, 6.45) is 5.11. The molecule has 14 heavy (non-hydrogen) atoms. The number of hydrogen-bond donors (Lipinski definition) is 2. The summed E-state index contributed by atoms with van der Waals surface area (Å²) < 4.78 is 4.65. The van der Waals surface area contributed by atoms with Crippen molar-refractivity contribution in [1.82, 2.24) is 10.5 Å². The molecule has 1 atom stereocenters. The zero-order valence-corrected chi connectivity index (χ0v) is 7.64. The van der Waals surface area contributed by atoms with Crippen molar-refractivity contribution < 1.29 is 14.4 Å². The van der Waals surface area contributed by atoms with Crippen LogP contribution in [0.4, 0.5) is 0 Å². The second-order valence-electron chi connectivity index (χ2n) is 3.57. The Balaban J connectivity index is 1.85. The maximum atomic E-state index is 10.8. The quantitative estimate of drug-likeness (QED) is 0.722. The Kier molecular flexibility index (Phi) is 2.49. The van der Waals surface area contributed by atoms with Gasteiger partial charge in [-0.2, -0.15) is 0 Å². The van der Waals surface area contributed by atoms with Crippen LogP contribution in [0.1, 0.15) is 18.4 Å². The van der Waals surface area contributed by atoms with Gasteiger partial charge >= 0.3 is 5.97 Å². The van der Waals surface area contributed by atoms with Crippen molar-refractivity contribution in [2.45, 2.75) is 25.4 Å². The molecule has 5 nitrogen and oxygen atoms in total. The Bertz CT molecular complexity index is 306. The van der Waals surface area contributed by atoms with Gasteiger partial charge in [0.25, 0.3) is 0 Å². The van der Waals surface area contributed by atoms with Crippen molar-refractivity contribution in [2.75, 3.05) is 0 Å².